The molecule has 0 fully saturated rings. The third-order valence-corrected chi connectivity index (χ3v) is 4.66. The standard InChI is InChI=1S/C20H19ClFN3O2/c1-4-27-19(26)17-12(2)24-18(16-7-5-6-10-23-16)25-20(17,3)13-8-9-15(22)14(21)11-13/h5-11H,4H2,1-3H3,(H,24,25). The van der Waals surface area contributed by atoms with Crippen molar-refractivity contribution in [3.63, 3.8) is 0 Å². The van der Waals surface area contributed by atoms with Crippen molar-refractivity contribution in [3.8, 4) is 0 Å². The highest BCUT2D eigenvalue weighted by Crippen LogP contribution is 2.39. The predicted molar refractivity (Wildman–Crippen MR) is 102 cm³/mol. The van der Waals surface area contributed by atoms with Crippen molar-refractivity contribution in [2.45, 2.75) is 26.3 Å². The number of benzene rings is 1. The Kier molecular flexibility index (Phi) is 5.28. The van der Waals surface area contributed by atoms with Gasteiger partial charge in [0.15, 0.2) is 5.84 Å². The summed E-state index contributed by atoms with van der Waals surface area (Å²) in [5.41, 5.74) is 1.01. The molecule has 5 nitrogen and oxygen atoms in total. The molecule has 0 amide bonds. The smallest absolute Gasteiger partial charge is 0.338 e. The Hall–Kier alpha value is -2.73. The number of esters is 1. The van der Waals surface area contributed by atoms with Gasteiger partial charge in [0.1, 0.15) is 17.1 Å². The zero-order valence-electron chi connectivity index (χ0n) is 15.2. The fourth-order valence-corrected chi connectivity index (χ4v) is 3.28. The number of rotatable bonds is 4. The van der Waals surface area contributed by atoms with Crippen molar-refractivity contribution in [3.05, 3.63) is 76.0 Å². The summed E-state index contributed by atoms with van der Waals surface area (Å²) in [4.78, 5) is 21.8. The number of halogens is 2. The van der Waals surface area contributed by atoms with E-state index in [1.54, 1.807) is 39.1 Å². The number of nitrogens with one attached hydrogen (secondary N) is 1. The van der Waals surface area contributed by atoms with Crippen LogP contribution in [0.2, 0.25) is 5.02 Å². The number of amidine groups is 1. The summed E-state index contributed by atoms with van der Waals surface area (Å²) >= 11 is 5.99. The molecule has 1 aromatic carbocycles. The Morgan fingerprint density at radius 1 is 1.33 bits per heavy atom. The van der Waals surface area contributed by atoms with Crippen molar-refractivity contribution in [2.75, 3.05) is 6.61 Å². The maximum Gasteiger partial charge on any atom is 0.338 e. The average molecular weight is 388 g/mol. The van der Waals surface area contributed by atoms with Crippen molar-refractivity contribution in [1.82, 2.24) is 10.3 Å². The maximum absolute atomic E-state index is 13.7. The van der Waals surface area contributed by atoms with E-state index in [1.165, 1.54) is 12.1 Å². The molecule has 1 aliphatic heterocycles. The molecule has 0 saturated heterocycles. The van der Waals surface area contributed by atoms with Crippen molar-refractivity contribution >= 4 is 23.4 Å². The largest absolute Gasteiger partial charge is 0.463 e. The van der Waals surface area contributed by atoms with Gasteiger partial charge < -0.3 is 10.1 Å². The lowest BCUT2D eigenvalue weighted by molar-refractivity contribution is -0.139. The zero-order chi connectivity index (χ0) is 19.6. The fourth-order valence-electron chi connectivity index (χ4n) is 3.10. The monoisotopic (exact) mass is 387 g/mol. The van der Waals surface area contributed by atoms with Crippen LogP contribution in [0.15, 0.2) is 58.9 Å². The molecule has 0 radical (unpaired) electrons. The van der Waals surface area contributed by atoms with Crippen molar-refractivity contribution < 1.29 is 13.9 Å². The lowest BCUT2D eigenvalue weighted by Crippen LogP contribution is -2.41. The van der Waals surface area contributed by atoms with E-state index in [0.717, 1.165) is 0 Å². The first-order valence-corrected chi connectivity index (χ1v) is 8.87. The minimum absolute atomic E-state index is 0.0392. The van der Waals surface area contributed by atoms with Crippen LogP contribution in [0.5, 0.6) is 0 Å². The molecular weight excluding hydrogens is 369 g/mol. The topological polar surface area (TPSA) is 63.6 Å². The highest BCUT2D eigenvalue weighted by atomic mass is 35.5. The van der Waals surface area contributed by atoms with E-state index in [-0.39, 0.29) is 11.6 Å². The van der Waals surface area contributed by atoms with Crippen LogP contribution in [0, 0.1) is 5.82 Å². The quantitative estimate of drug-likeness (QED) is 0.806. The molecule has 0 spiro atoms. The number of allylic oxidation sites excluding steroid dienone is 1. The van der Waals surface area contributed by atoms with E-state index >= 15 is 0 Å². The van der Waals surface area contributed by atoms with E-state index in [1.807, 2.05) is 12.1 Å². The number of aliphatic imine (C=N–C) groups is 1. The average Bonchev–Trinajstić information content (AvgIpc) is 2.64. The van der Waals surface area contributed by atoms with E-state index in [0.29, 0.717) is 28.4 Å². The minimum atomic E-state index is -1.12. The lowest BCUT2D eigenvalue weighted by atomic mass is 9.82. The molecular formula is C20H19ClFN3O2. The Morgan fingerprint density at radius 2 is 2.11 bits per heavy atom. The number of ether oxygens (including phenoxy) is 1. The van der Waals surface area contributed by atoms with Gasteiger partial charge in [-0.1, -0.05) is 23.7 Å². The lowest BCUT2D eigenvalue weighted by Gasteiger charge is -2.34. The van der Waals surface area contributed by atoms with Crippen LogP contribution in [0.25, 0.3) is 0 Å². The number of pyridine rings is 1. The van der Waals surface area contributed by atoms with Gasteiger partial charge in [-0.05, 0) is 50.6 Å². The normalized spacial score (nSPS) is 19.4. The molecule has 0 saturated carbocycles. The van der Waals surface area contributed by atoms with Gasteiger partial charge in [-0.2, -0.15) is 0 Å². The van der Waals surface area contributed by atoms with Gasteiger partial charge in [0.05, 0.1) is 17.2 Å². The number of hydrogen-bond acceptors (Lipinski definition) is 5. The summed E-state index contributed by atoms with van der Waals surface area (Å²) in [6, 6.07) is 9.77. The molecule has 1 N–H and O–H groups in total. The maximum atomic E-state index is 13.7. The van der Waals surface area contributed by atoms with Crippen LogP contribution in [0.1, 0.15) is 32.0 Å². The molecule has 1 unspecified atom stereocenters. The molecule has 1 aromatic heterocycles. The molecule has 140 valence electrons. The van der Waals surface area contributed by atoms with Gasteiger partial charge in [-0.15, -0.1) is 0 Å². The number of carbonyl (C=O) groups excluding carboxylic acids is 1. The highest BCUT2D eigenvalue weighted by molar-refractivity contribution is 6.30. The summed E-state index contributed by atoms with van der Waals surface area (Å²) in [5, 5.41) is 3.09. The van der Waals surface area contributed by atoms with Crippen LogP contribution < -0.4 is 5.32 Å². The third kappa shape index (κ3) is 3.57. The summed E-state index contributed by atoms with van der Waals surface area (Å²) in [7, 11) is 0. The molecule has 27 heavy (non-hydrogen) atoms. The Labute approximate surface area is 161 Å². The predicted octanol–water partition coefficient (Wildman–Crippen LogP) is 3.98. The summed E-state index contributed by atoms with van der Waals surface area (Å²) in [5.74, 6) is -0.524. The van der Waals surface area contributed by atoms with Gasteiger partial charge in [-0.3, -0.25) is 4.98 Å². The minimum Gasteiger partial charge on any atom is -0.463 e. The second-order valence-electron chi connectivity index (χ2n) is 6.22. The van der Waals surface area contributed by atoms with Crippen molar-refractivity contribution in [1.29, 1.82) is 0 Å². The Bertz CT molecular complexity index is 943. The fraction of sp³-hybridized carbons (Fsp3) is 0.250. The number of aromatic nitrogens is 1. The van der Waals surface area contributed by atoms with E-state index < -0.39 is 17.3 Å². The molecule has 2 aromatic rings. The van der Waals surface area contributed by atoms with Crippen molar-refractivity contribution in [2.24, 2.45) is 4.99 Å². The molecule has 1 atom stereocenters. The molecule has 1 aliphatic rings. The SMILES string of the molecule is CCOC(=O)C1=C(C)NC(c2ccccn2)=NC1(C)c1ccc(F)c(Cl)c1. The summed E-state index contributed by atoms with van der Waals surface area (Å²) < 4.78 is 18.9. The van der Waals surface area contributed by atoms with Crippen LogP contribution >= 0.6 is 11.6 Å². The highest BCUT2D eigenvalue weighted by Gasteiger charge is 2.41. The van der Waals surface area contributed by atoms with Gasteiger partial charge in [0.2, 0.25) is 0 Å². The molecule has 7 heteroatoms. The molecule has 0 aliphatic carbocycles. The van der Waals surface area contributed by atoms with Gasteiger partial charge in [0, 0.05) is 11.9 Å². The van der Waals surface area contributed by atoms with Crippen LogP contribution in [0.4, 0.5) is 4.39 Å². The number of carbonyl (C=O) groups is 1. The second kappa shape index (κ2) is 7.48. The molecule has 3 rings (SSSR count). The zero-order valence-corrected chi connectivity index (χ0v) is 16.0. The van der Waals surface area contributed by atoms with E-state index in [9.17, 15) is 9.18 Å². The van der Waals surface area contributed by atoms with E-state index in [2.05, 4.69) is 10.3 Å². The second-order valence-corrected chi connectivity index (χ2v) is 6.63. The van der Waals surface area contributed by atoms with Gasteiger partial charge >= 0.3 is 5.97 Å². The first-order valence-electron chi connectivity index (χ1n) is 8.49. The van der Waals surface area contributed by atoms with Crippen LogP contribution in [-0.2, 0) is 15.1 Å². The molecule has 0 bridgehead atoms. The Morgan fingerprint density at radius 3 is 2.74 bits per heavy atom. The first kappa shape index (κ1) is 19.0. The van der Waals surface area contributed by atoms with Gasteiger partial charge in [-0.25, -0.2) is 14.2 Å². The van der Waals surface area contributed by atoms with E-state index in [4.69, 9.17) is 21.3 Å². The van der Waals surface area contributed by atoms with Gasteiger partial charge in [0.25, 0.3) is 0 Å². The van der Waals surface area contributed by atoms with Crippen LogP contribution in [0.3, 0.4) is 0 Å². The number of nitrogens with zero attached hydrogens (tertiary/aromatic N) is 2. The summed E-state index contributed by atoms with van der Waals surface area (Å²) in [6.45, 7) is 5.51. The number of hydrogen-bond donors (Lipinski definition) is 1. The summed E-state index contributed by atoms with van der Waals surface area (Å²) in [6.07, 6.45) is 1.66. The van der Waals surface area contributed by atoms with Crippen LogP contribution in [-0.4, -0.2) is 23.4 Å². The first-order chi connectivity index (χ1) is 12.9. The Balaban J connectivity index is 2.20. The molecule has 2 heterocycles. The third-order valence-electron chi connectivity index (χ3n) is 4.37.